The largest absolute Gasteiger partial charge is 0.479 e. The second-order valence-corrected chi connectivity index (χ2v) is 3.48. The van der Waals surface area contributed by atoms with E-state index in [1.165, 1.54) is 25.1 Å². The Hall–Kier alpha value is -2.75. The molecule has 0 spiro atoms. The zero-order chi connectivity index (χ0) is 13.7. The molecule has 18 heavy (non-hydrogen) atoms. The SMILES string of the molecule is CC(Oc1ccc(N)cc1C#N)C(=O)NC(N)=O. The zero-order valence-electron chi connectivity index (χ0n) is 9.64. The van der Waals surface area contributed by atoms with Gasteiger partial charge in [0.15, 0.2) is 6.10 Å². The molecule has 0 aromatic heterocycles. The van der Waals surface area contributed by atoms with Crippen molar-refractivity contribution in [1.82, 2.24) is 5.32 Å². The summed E-state index contributed by atoms with van der Waals surface area (Å²) in [7, 11) is 0. The van der Waals surface area contributed by atoms with Gasteiger partial charge in [-0.2, -0.15) is 5.26 Å². The number of urea groups is 1. The van der Waals surface area contributed by atoms with E-state index in [0.29, 0.717) is 5.69 Å². The first-order valence-electron chi connectivity index (χ1n) is 5.00. The van der Waals surface area contributed by atoms with E-state index in [1.54, 1.807) is 0 Å². The first-order chi connectivity index (χ1) is 8.43. The number of rotatable bonds is 3. The summed E-state index contributed by atoms with van der Waals surface area (Å²) in [5, 5.41) is 10.8. The number of ether oxygens (including phenoxy) is 1. The van der Waals surface area contributed by atoms with E-state index in [1.807, 2.05) is 11.4 Å². The van der Waals surface area contributed by atoms with Gasteiger partial charge in [-0.05, 0) is 25.1 Å². The molecule has 1 aromatic carbocycles. The van der Waals surface area contributed by atoms with Gasteiger partial charge < -0.3 is 16.2 Å². The fourth-order valence-electron chi connectivity index (χ4n) is 1.20. The number of anilines is 1. The van der Waals surface area contributed by atoms with Crippen LogP contribution >= 0.6 is 0 Å². The Morgan fingerprint density at radius 1 is 1.50 bits per heavy atom. The number of primary amides is 1. The minimum atomic E-state index is -0.965. The van der Waals surface area contributed by atoms with Crippen LogP contribution in [0.5, 0.6) is 5.75 Å². The van der Waals surface area contributed by atoms with Crippen LogP contribution in [0.2, 0.25) is 0 Å². The van der Waals surface area contributed by atoms with Crippen LogP contribution in [0.4, 0.5) is 10.5 Å². The van der Waals surface area contributed by atoms with Gasteiger partial charge in [-0.1, -0.05) is 0 Å². The molecule has 0 aliphatic rings. The van der Waals surface area contributed by atoms with Crippen molar-refractivity contribution in [1.29, 1.82) is 5.26 Å². The molecule has 0 fully saturated rings. The van der Waals surface area contributed by atoms with E-state index in [4.69, 9.17) is 21.5 Å². The highest BCUT2D eigenvalue weighted by molar-refractivity contribution is 5.95. The Balaban J connectivity index is 2.82. The number of nitriles is 1. The number of hydrogen-bond donors (Lipinski definition) is 3. The molecule has 3 amide bonds. The lowest BCUT2D eigenvalue weighted by molar-refractivity contribution is -0.126. The second kappa shape index (κ2) is 5.54. The van der Waals surface area contributed by atoms with Crippen molar-refractivity contribution in [2.45, 2.75) is 13.0 Å². The molecule has 1 unspecified atom stereocenters. The van der Waals surface area contributed by atoms with Crippen molar-refractivity contribution >= 4 is 17.6 Å². The zero-order valence-corrected chi connectivity index (χ0v) is 9.64. The lowest BCUT2D eigenvalue weighted by Gasteiger charge is -2.14. The maximum Gasteiger partial charge on any atom is 0.318 e. The Morgan fingerprint density at radius 2 is 2.17 bits per heavy atom. The molecule has 7 nitrogen and oxygen atoms in total. The molecule has 0 aliphatic carbocycles. The second-order valence-electron chi connectivity index (χ2n) is 3.48. The highest BCUT2D eigenvalue weighted by Gasteiger charge is 2.17. The summed E-state index contributed by atoms with van der Waals surface area (Å²) in [4.78, 5) is 21.9. The minimum absolute atomic E-state index is 0.203. The topological polar surface area (TPSA) is 131 Å². The molecule has 0 saturated heterocycles. The lowest BCUT2D eigenvalue weighted by atomic mass is 10.2. The van der Waals surface area contributed by atoms with Gasteiger partial charge in [0.05, 0.1) is 5.56 Å². The molecular weight excluding hydrogens is 236 g/mol. The predicted octanol–water partition coefficient (Wildman–Crippen LogP) is 0.103. The number of nitrogens with two attached hydrogens (primary N) is 2. The fourth-order valence-corrected chi connectivity index (χ4v) is 1.20. The van der Waals surface area contributed by atoms with Gasteiger partial charge in [0.25, 0.3) is 5.91 Å². The minimum Gasteiger partial charge on any atom is -0.479 e. The van der Waals surface area contributed by atoms with Crippen molar-refractivity contribution in [2.24, 2.45) is 5.73 Å². The Morgan fingerprint density at radius 3 is 2.72 bits per heavy atom. The molecule has 0 radical (unpaired) electrons. The van der Waals surface area contributed by atoms with Crippen LogP contribution in [0.25, 0.3) is 0 Å². The molecule has 0 aliphatic heterocycles. The monoisotopic (exact) mass is 248 g/mol. The van der Waals surface area contributed by atoms with E-state index in [-0.39, 0.29) is 11.3 Å². The van der Waals surface area contributed by atoms with Gasteiger partial charge in [-0.25, -0.2) is 4.79 Å². The van der Waals surface area contributed by atoms with Gasteiger partial charge in [0.1, 0.15) is 11.8 Å². The van der Waals surface area contributed by atoms with E-state index in [0.717, 1.165) is 0 Å². The smallest absolute Gasteiger partial charge is 0.318 e. The normalized spacial score (nSPS) is 11.1. The van der Waals surface area contributed by atoms with Gasteiger partial charge in [0, 0.05) is 5.69 Å². The van der Waals surface area contributed by atoms with Crippen LogP contribution in [0.15, 0.2) is 18.2 Å². The molecular formula is C11H12N4O3. The molecule has 1 aromatic rings. The van der Waals surface area contributed by atoms with Crippen LogP contribution in [-0.4, -0.2) is 18.0 Å². The number of carbonyl (C=O) groups is 2. The summed E-state index contributed by atoms with van der Waals surface area (Å²) < 4.78 is 5.26. The number of imide groups is 1. The molecule has 0 saturated carbocycles. The fraction of sp³-hybridized carbons (Fsp3) is 0.182. The highest BCUT2D eigenvalue weighted by atomic mass is 16.5. The molecule has 94 valence electrons. The van der Waals surface area contributed by atoms with Crippen molar-refractivity contribution in [3.63, 3.8) is 0 Å². The van der Waals surface area contributed by atoms with Crippen molar-refractivity contribution in [2.75, 3.05) is 5.73 Å². The third-order valence-corrected chi connectivity index (χ3v) is 2.04. The summed E-state index contributed by atoms with van der Waals surface area (Å²) in [6, 6.07) is 5.36. The van der Waals surface area contributed by atoms with Gasteiger partial charge in [-0.15, -0.1) is 0 Å². The molecule has 0 bridgehead atoms. The van der Waals surface area contributed by atoms with E-state index in [2.05, 4.69) is 0 Å². The first kappa shape index (κ1) is 13.3. The van der Waals surface area contributed by atoms with Crippen LogP contribution < -0.4 is 21.5 Å². The van der Waals surface area contributed by atoms with Crippen LogP contribution in [0, 0.1) is 11.3 Å². The Kier molecular flexibility index (Phi) is 4.10. The van der Waals surface area contributed by atoms with Gasteiger partial charge in [-0.3, -0.25) is 10.1 Å². The summed E-state index contributed by atoms with van der Waals surface area (Å²) in [6.45, 7) is 1.43. The predicted molar refractivity (Wildman–Crippen MR) is 63.4 cm³/mol. The number of benzene rings is 1. The van der Waals surface area contributed by atoms with Crippen molar-refractivity contribution < 1.29 is 14.3 Å². The Bertz CT molecular complexity index is 522. The summed E-state index contributed by atoms with van der Waals surface area (Å²) in [5.41, 5.74) is 10.9. The quantitative estimate of drug-likeness (QED) is 0.653. The van der Waals surface area contributed by atoms with Crippen LogP contribution in [0.1, 0.15) is 12.5 Å². The standard InChI is InChI=1S/C11H12N4O3/c1-6(10(16)15-11(14)17)18-9-3-2-8(13)4-7(9)5-12/h2-4,6H,13H2,1H3,(H3,14,15,16,17). The average Bonchev–Trinajstić information content (AvgIpc) is 2.30. The third kappa shape index (κ3) is 3.38. The summed E-state index contributed by atoms with van der Waals surface area (Å²) in [6.07, 6.45) is -0.965. The molecule has 5 N–H and O–H groups in total. The molecule has 0 heterocycles. The molecule has 1 rings (SSSR count). The van der Waals surface area contributed by atoms with Crippen LogP contribution in [0.3, 0.4) is 0 Å². The van der Waals surface area contributed by atoms with Crippen LogP contribution in [-0.2, 0) is 4.79 Å². The average molecular weight is 248 g/mol. The Labute approximate surface area is 103 Å². The number of nitrogen functional groups attached to an aromatic ring is 1. The number of amides is 3. The summed E-state index contributed by atoms with van der Waals surface area (Å²) >= 11 is 0. The number of carbonyl (C=O) groups excluding carboxylic acids is 2. The molecule has 1 atom stereocenters. The van der Waals surface area contributed by atoms with Gasteiger partial charge in [0.2, 0.25) is 0 Å². The van der Waals surface area contributed by atoms with Crippen molar-refractivity contribution in [3.8, 4) is 11.8 Å². The van der Waals surface area contributed by atoms with Crippen molar-refractivity contribution in [3.05, 3.63) is 23.8 Å². The maximum atomic E-state index is 11.4. The lowest BCUT2D eigenvalue weighted by Crippen LogP contribution is -2.42. The maximum absolute atomic E-state index is 11.4. The van der Waals surface area contributed by atoms with E-state index in [9.17, 15) is 9.59 Å². The number of hydrogen-bond acceptors (Lipinski definition) is 5. The number of nitrogens with zero attached hydrogens (tertiary/aromatic N) is 1. The van der Waals surface area contributed by atoms with Gasteiger partial charge >= 0.3 is 6.03 Å². The number of nitrogens with one attached hydrogen (secondary N) is 1. The molecule has 7 heteroatoms. The van der Waals surface area contributed by atoms with E-state index >= 15 is 0 Å². The summed E-state index contributed by atoms with van der Waals surface area (Å²) in [5.74, 6) is -0.484. The van der Waals surface area contributed by atoms with E-state index < -0.39 is 18.0 Å². The third-order valence-electron chi connectivity index (χ3n) is 2.04. The first-order valence-corrected chi connectivity index (χ1v) is 5.00. The highest BCUT2D eigenvalue weighted by Crippen LogP contribution is 2.21.